The minimum atomic E-state index is -5.87. The third-order valence-electron chi connectivity index (χ3n) is 3.75. The fourth-order valence-electron chi connectivity index (χ4n) is 2.17. The number of hydrogen-bond donors (Lipinski definition) is 4. The molecule has 0 radical (unpaired) electrons. The van der Waals surface area contributed by atoms with Crippen LogP contribution in [0.15, 0.2) is 0 Å². The lowest BCUT2D eigenvalue weighted by Gasteiger charge is -2.40. The fourth-order valence-corrected chi connectivity index (χ4v) is 2.17. The number of carboxylic acid groups (broad SMARTS) is 2. The van der Waals surface area contributed by atoms with Crippen molar-refractivity contribution >= 4 is 23.5 Å². The summed E-state index contributed by atoms with van der Waals surface area (Å²) in [6.45, 7) is 0.513. The van der Waals surface area contributed by atoms with Crippen LogP contribution in [0.3, 0.4) is 0 Å². The SMILES string of the molecule is [2H]C1([2H])C([2H])([2H])C([2H])(C(=O)C(O)(C(=O)O)C(O)(C(=O)O)C(=O)C2([2H])C([2H])([2H])C([2H])([2H])C([2H])(C)C([2H])([2H])C2([2H])[2H])C([2H])([2H])C([2H])([2H])C1([2H])C. The van der Waals surface area contributed by atoms with Crippen LogP contribution in [0.1, 0.15) is 92.2 Å². The average Bonchev–Trinajstić information content (AvgIpc) is 2.91. The van der Waals surface area contributed by atoms with Gasteiger partial charge < -0.3 is 20.4 Å². The zero-order valence-electron chi connectivity index (χ0n) is 34.4. The molecule has 2 fully saturated rings. The van der Waals surface area contributed by atoms with Gasteiger partial charge in [0.15, 0.2) is 11.6 Å². The summed E-state index contributed by atoms with van der Waals surface area (Å²) in [6.07, 6.45) is -36.2. The van der Waals surface area contributed by atoms with Crippen molar-refractivity contribution in [2.75, 3.05) is 0 Å². The quantitative estimate of drug-likeness (QED) is 0.453. The maximum absolute atomic E-state index is 14.0. The molecule has 2 rings (SSSR count). The zero-order chi connectivity index (χ0) is 39.3. The average molecular weight is 419 g/mol. The lowest BCUT2D eigenvalue weighted by Crippen LogP contribution is -2.73. The first-order valence-electron chi connectivity index (χ1n) is 17.5. The van der Waals surface area contributed by atoms with Gasteiger partial charge in [0.25, 0.3) is 11.2 Å². The van der Waals surface area contributed by atoms with E-state index >= 15 is 0 Å². The predicted octanol–water partition coefficient (Wildman–Crippen LogP) is 1.41. The van der Waals surface area contributed by atoms with E-state index in [4.69, 9.17) is 27.4 Å². The van der Waals surface area contributed by atoms with Crippen LogP contribution in [-0.2, 0) is 19.2 Å². The van der Waals surface area contributed by atoms with Crippen LogP contribution >= 0.6 is 0 Å². The molecule has 2 aliphatic carbocycles. The number of hydrogen-bond acceptors (Lipinski definition) is 6. The lowest BCUT2D eigenvalue weighted by molar-refractivity contribution is -0.210. The fraction of sp³-hybridized carbons (Fsp3) is 0.800. The molecule has 0 aromatic carbocycles. The van der Waals surface area contributed by atoms with Crippen molar-refractivity contribution in [1.29, 1.82) is 0 Å². The number of aliphatic hydroxyl groups is 2. The third kappa shape index (κ3) is 3.72. The summed E-state index contributed by atoms with van der Waals surface area (Å²) in [6, 6.07) is 0. The summed E-state index contributed by atoms with van der Waals surface area (Å²) in [5.74, 6) is -32.0. The van der Waals surface area contributed by atoms with E-state index in [1.807, 2.05) is 0 Å². The minimum Gasteiger partial charge on any atom is -0.479 e. The number of Topliss-reactive ketones (excluding diaryl/α,β-unsaturated/α-hetero) is 2. The molecule has 0 aromatic heterocycles. The lowest BCUT2D eigenvalue weighted by atomic mass is 9.66. The molecular formula is C20H30O8. The van der Waals surface area contributed by atoms with E-state index in [2.05, 4.69) is 0 Å². The van der Waals surface area contributed by atoms with Crippen LogP contribution in [0.2, 0.25) is 0 Å². The number of carbonyl (C=O) groups excluding carboxylic acids is 2. The molecule has 0 aromatic rings. The van der Waals surface area contributed by atoms with Crippen molar-refractivity contribution in [1.82, 2.24) is 0 Å². The minimum absolute atomic E-state index is 0.256. The molecule has 2 unspecified atom stereocenters. The topological polar surface area (TPSA) is 149 Å². The van der Waals surface area contributed by atoms with Crippen LogP contribution in [0.5, 0.6) is 0 Å². The molecule has 0 aliphatic heterocycles. The smallest absolute Gasteiger partial charge is 0.347 e. The molecular weight excluding hydrogens is 368 g/mol. The second-order valence-electron chi connectivity index (χ2n) is 5.69. The molecule has 2 saturated carbocycles. The molecule has 4 N–H and O–H groups in total. The number of carbonyl (C=O) groups is 4. The zero-order valence-corrected chi connectivity index (χ0v) is 14.4. The molecule has 0 bridgehead atoms. The van der Waals surface area contributed by atoms with Gasteiger partial charge in [-0.15, -0.1) is 0 Å². The van der Waals surface area contributed by atoms with Gasteiger partial charge in [0.05, 0.1) is 0 Å². The maximum atomic E-state index is 14.0. The normalized spacial score (nSPS) is 68.0. The highest BCUT2D eigenvalue weighted by atomic mass is 16.5. The Labute approximate surface area is 192 Å². The Bertz CT molecular complexity index is 1300. The summed E-state index contributed by atoms with van der Waals surface area (Å²) in [5, 5.41) is 42.6. The number of rotatable bonds is 7. The van der Waals surface area contributed by atoms with E-state index in [1.54, 1.807) is 0 Å². The van der Waals surface area contributed by atoms with Crippen molar-refractivity contribution in [2.45, 2.75) is 76.0 Å². The molecule has 2 atom stereocenters. The number of carboxylic acids is 2. The first-order valence-corrected chi connectivity index (χ1v) is 7.46. The van der Waals surface area contributed by atoms with Gasteiger partial charge in [0.2, 0.25) is 0 Å². The van der Waals surface area contributed by atoms with Gasteiger partial charge in [0.1, 0.15) is 0 Å². The van der Waals surface area contributed by atoms with Crippen LogP contribution in [0.4, 0.5) is 0 Å². The molecule has 0 heterocycles. The van der Waals surface area contributed by atoms with E-state index in [1.165, 1.54) is 0 Å². The Morgan fingerprint density at radius 2 is 0.964 bits per heavy atom. The van der Waals surface area contributed by atoms with Gasteiger partial charge in [0, 0.05) is 39.2 Å². The monoisotopic (exact) mass is 418 g/mol. The molecule has 0 saturated heterocycles. The summed E-state index contributed by atoms with van der Waals surface area (Å²) in [7, 11) is 0. The Balaban J connectivity index is 3.25. The van der Waals surface area contributed by atoms with Crippen molar-refractivity contribution in [2.24, 2.45) is 23.6 Å². The second kappa shape index (κ2) is 8.29. The molecule has 2 aliphatic rings. The summed E-state index contributed by atoms with van der Waals surface area (Å²) in [5.41, 5.74) is -11.7. The van der Waals surface area contributed by atoms with E-state index in [-0.39, 0.29) is 13.8 Å². The van der Waals surface area contributed by atoms with Gasteiger partial charge in [-0.1, -0.05) is 39.3 Å². The highest BCUT2D eigenvalue weighted by Gasteiger charge is 2.70. The van der Waals surface area contributed by atoms with Gasteiger partial charge >= 0.3 is 11.9 Å². The number of ketones is 2. The molecule has 0 spiro atoms. The van der Waals surface area contributed by atoms with Crippen LogP contribution in [0.25, 0.3) is 0 Å². The van der Waals surface area contributed by atoms with Gasteiger partial charge in [-0.25, -0.2) is 9.59 Å². The van der Waals surface area contributed by atoms with E-state index in [0.717, 1.165) is 0 Å². The van der Waals surface area contributed by atoms with Gasteiger partial charge in [-0.3, -0.25) is 9.59 Å². The van der Waals surface area contributed by atoms with Crippen molar-refractivity contribution in [3.05, 3.63) is 0 Å². The van der Waals surface area contributed by atoms with E-state index in [9.17, 15) is 39.6 Å². The standard InChI is InChI=1S/C20H30O8/c1-11-3-7-13(8-4-11)15(21)19(27,17(23)24)20(28,18(25)26)16(22)14-9-5-12(2)6-10-14/h11-14,27-28H,3-10H2,1-2H3,(H,23,24)(H,25,26)/i3D2,4D2,5D2,6D2,7D2,8D2,9D2,10D2,11D,12D,13D,14D. The van der Waals surface area contributed by atoms with Crippen LogP contribution in [0, 0.1) is 23.6 Å². The van der Waals surface area contributed by atoms with Crippen molar-refractivity contribution < 1.29 is 67.0 Å². The Hall–Kier alpha value is -1.80. The van der Waals surface area contributed by atoms with Crippen molar-refractivity contribution in [3.63, 3.8) is 0 Å². The molecule has 28 heavy (non-hydrogen) atoms. The highest BCUT2D eigenvalue weighted by molar-refractivity contribution is 6.22. The first kappa shape index (κ1) is 7.47. The molecule has 8 nitrogen and oxygen atoms in total. The van der Waals surface area contributed by atoms with Gasteiger partial charge in [-0.2, -0.15) is 0 Å². The summed E-state index contributed by atoms with van der Waals surface area (Å²) >= 11 is 0. The predicted molar refractivity (Wildman–Crippen MR) is 97.4 cm³/mol. The largest absolute Gasteiger partial charge is 0.479 e. The molecule has 8 heteroatoms. The summed E-state index contributed by atoms with van der Waals surface area (Å²) < 4.78 is 164. The summed E-state index contributed by atoms with van der Waals surface area (Å²) in [4.78, 5) is 53.3. The third-order valence-corrected chi connectivity index (χ3v) is 3.75. The Morgan fingerprint density at radius 3 is 1.18 bits per heavy atom. The van der Waals surface area contributed by atoms with Crippen LogP contribution < -0.4 is 0 Å². The first-order chi connectivity index (χ1) is 20.4. The molecule has 158 valence electrons. The highest BCUT2D eigenvalue weighted by Crippen LogP contribution is 2.39. The van der Waals surface area contributed by atoms with E-state index in [0.29, 0.717) is 0 Å². The Kier molecular flexibility index (Phi) is 2.21. The number of aliphatic carboxylic acids is 2. The maximum Gasteiger partial charge on any atom is 0.347 e. The Morgan fingerprint density at radius 1 is 0.714 bits per heavy atom. The molecule has 0 amide bonds. The van der Waals surface area contributed by atoms with Gasteiger partial charge in [-0.05, 0) is 37.3 Å². The second-order valence-corrected chi connectivity index (χ2v) is 5.69. The van der Waals surface area contributed by atoms with E-state index < -0.39 is 109 Å². The van der Waals surface area contributed by atoms with Crippen LogP contribution in [-0.4, -0.2) is 55.1 Å². The van der Waals surface area contributed by atoms with Crippen molar-refractivity contribution in [3.8, 4) is 0 Å².